The van der Waals surface area contributed by atoms with Gasteiger partial charge in [-0.25, -0.2) is 9.78 Å². The fourth-order valence-electron chi connectivity index (χ4n) is 2.62. The molecule has 160 valence electrons. The SMILES string of the molecule is CCCCn1c(N)c(N(CCOC)C(=O)CSc2n[nH]c(CC)n2)c(=O)[nH]c1=O. The second-order valence-corrected chi connectivity index (χ2v) is 7.19. The number of aromatic amines is 2. The lowest BCUT2D eigenvalue weighted by atomic mass is 10.3. The van der Waals surface area contributed by atoms with Gasteiger partial charge in [-0.1, -0.05) is 32.0 Å². The number of hydrogen-bond donors (Lipinski definition) is 3. The minimum absolute atomic E-state index is 0.00229. The third-order valence-corrected chi connectivity index (χ3v) is 5.04. The van der Waals surface area contributed by atoms with Crippen molar-refractivity contribution in [2.75, 3.05) is 36.6 Å². The van der Waals surface area contributed by atoms with E-state index in [9.17, 15) is 14.4 Å². The highest BCUT2D eigenvalue weighted by Crippen LogP contribution is 2.20. The van der Waals surface area contributed by atoms with Gasteiger partial charge in [-0.3, -0.25) is 24.2 Å². The summed E-state index contributed by atoms with van der Waals surface area (Å²) >= 11 is 1.15. The van der Waals surface area contributed by atoms with Crippen LogP contribution in [0.25, 0.3) is 0 Å². The van der Waals surface area contributed by atoms with Gasteiger partial charge < -0.3 is 15.4 Å². The number of carbonyl (C=O) groups is 1. The van der Waals surface area contributed by atoms with Gasteiger partial charge in [-0.05, 0) is 6.42 Å². The molecule has 0 atom stereocenters. The minimum atomic E-state index is -0.708. The molecule has 0 spiro atoms. The molecule has 0 saturated heterocycles. The lowest BCUT2D eigenvalue weighted by Crippen LogP contribution is -2.43. The van der Waals surface area contributed by atoms with Crippen LogP contribution in [0.1, 0.15) is 32.5 Å². The number of thioether (sulfide) groups is 1. The highest BCUT2D eigenvalue weighted by molar-refractivity contribution is 7.99. The first-order chi connectivity index (χ1) is 13.9. The van der Waals surface area contributed by atoms with Crippen molar-refractivity contribution >= 4 is 29.2 Å². The number of nitrogens with two attached hydrogens (primary N) is 1. The number of nitrogens with one attached hydrogen (secondary N) is 2. The van der Waals surface area contributed by atoms with E-state index in [1.807, 2.05) is 13.8 Å². The smallest absolute Gasteiger partial charge is 0.330 e. The van der Waals surface area contributed by atoms with E-state index in [2.05, 4.69) is 20.2 Å². The molecule has 2 aromatic rings. The summed E-state index contributed by atoms with van der Waals surface area (Å²) in [6, 6.07) is 0. The van der Waals surface area contributed by atoms with Gasteiger partial charge in [0, 0.05) is 26.6 Å². The molecule has 0 radical (unpaired) electrons. The van der Waals surface area contributed by atoms with Gasteiger partial charge >= 0.3 is 5.69 Å². The summed E-state index contributed by atoms with van der Waals surface area (Å²) in [4.78, 5) is 45.3. The molecule has 12 heteroatoms. The molecule has 0 bridgehead atoms. The normalized spacial score (nSPS) is 11.0. The van der Waals surface area contributed by atoms with Crippen LogP contribution >= 0.6 is 11.8 Å². The van der Waals surface area contributed by atoms with Gasteiger partial charge in [0.15, 0.2) is 5.69 Å². The number of amides is 1. The summed E-state index contributed by atoms with van der Waals surface area (Å²) in [5.41, 5.74) is 4.79. The maximum atomic E-state index is 12.9. The van der Waals surface area contributed by atoms with Crippen molar-refractivity contribution in [3.05, 3.63) is 26.7 Å². The summed E-state index contributed by atoms with van der Waals surface area (Å²) in [5, 5.41) is 7.27. The fourth-order valence-corrected chi connectivity index (χ4v) is 3.32. The summed E-state index contributed by atoms with van der Waals surface area (Å²) in [7, 11) is 1.49. The summed E-state index contributed by atoms with van der Waals surface area (Å²) in [6.45, 7) is 4.58. The van der Waals surface area contributed by atoms with E-state index >= 15 is 0 Å². The minimum Gasteiger partial charge on any atom is -0.383 e. The zero-order valence-corrected chi connectivity index (χ0v) is 17.7. The van der Waals surface area contributed by atoms with Crippen LogP contribution < -0.4 is 21.9 Å². The molecule has 0 unspecified atom stereocenters. The number of aryl methyl sites for hydroxylation is 1. The first-order valence-electron chi connectivity index (χ1n) is 9.38. The van der Waals surface area contributed by atoms with Crippen LogP contribution in [0.2, 0.25) is 0 Å². The predicted molar refractivity (Wildman–Crippen MR) is 111 cm³/mol. The lowest BCUT2D eigenvalue weighted by Gasteiger charge is -2.24. The monoisotopic (exact) mass is 425 g/mol. The first-order valence-corrected chi connectivity index (χ1v) is 10.4. The molecule has 0 saturated carbocycles. The van der Waals surface area contributed by atoms with E-state index < -0.39 is 11.2 Å². The average molecular weight is 426 g/mol. The van der Waals surface area contributed by atoms with Crippen LogP contribution in [0.5, 0.6) is 0 Å². The number of unbranched alkanes of at least 4 members (excludes halogenated alkanes) is 1. The Hall–Kier alpha value is -2.60. The molecule has 0 aliphatic rings. The van der Waals surface area contributed by atoms with Crippen molar-refractivity contribution in [1.82, 2.24) is 24.7 Å². The molecule has 1 amide bonds. The molecule has 2 aromatic heterocycles. The quantitative estimate of drug-likeness (QED) is 0.437. The summed E-state index contributed by atoms with van der Waals surface area (Å²) in [6.07, 6.45) is 2.26. The number of anilines is 2. The maximum Gasteiger partial charge on any atom is 0.330 e. The van der Waals surface area contributed by atoms with E-state index in [0.29, 0.717) is 24.5 Å². The fraction of sp³-hybridized carbons (Fsp3) is 0.588. The van der Waals surface area contributed by atoms with Crippen molar-refractivity contribution in [2.24, 2.45) is 0 Å². The molecule has 0 aliphatic carbocycles. The van der Waals surface area contributed by atoms with E-state index in [4.69, 9.17) is 10.5 Å². The van der Waals surface area contributed by atoms with Crippen LogP contribution in [0.4, 0.5) is 11.5 Å². The predicted octanol–water partition coefficient (Wildman–Crippen LogP) is 0.371. The highest BCUT2D eigenvalue weighted by atomic mass is 32.2. The van der Waals surface area contributed by atoms with Gasteiger partial charge in [0.1, 0.15) is 11.6 Å². The molecule has 2 heterocycles. The first kappa shape index (κ1) is 22.7. The molecular weight excluding hydrogens is 398 g/mol. The number of hydrogen-bond acceptors (Lipinski definition) is 8. The zero-order valence-electron chi connectivity index (χ0n) is 16.9. The van der Waals surface area contributed by atoms with Gasteiger partial charge in [-0.15, -0.1) is 5.10 Å². The van der Waals surface area contributed by atoms with E-state index in [-0.39, 0.29) is 36.3 Å². The Bertz CT molecular complexity index is 937. The van der Waals surface area contributed by atoms with Crippen LogP contribution in [0, 0.1) is 0 Å². The Morgan fingerprint density at radius 2 is 2.10 bits per heavy atom. The number of ether oxygens (including phenoxy) is 1. The zero-order chi connectivity index (χ0) is 21.4. The van der Waals surface area contributed by atoms with Crippen molar-refractivity contribution in [3.63, 3.8) is 0 Å². The standard InChI is InChI=1S/C17H27N7O4S/c1-4-6-7-24-14(18)13(15(26)20-17(24)27)23(8-9-28-3)12(25)10-29-16-19-11(5-2)21-22-16/h4-10,18H2,1-3H3,(H,19,21,22)(H,20,26,27). The van der Waals surface area contributed by atoms with Gasteiger partial charge in [0.25, 0.3) is 5.56 Å². The van der Waals surface area contributed by atoms with Crippen LogP contribution in [-0.4, -0.2) is 56.7 Å². The molecule has 29 heavy (non-hydrogen) atoms. The number of aromatic nitrogens is 5. The average Bonchev–Trinajstić information content (AvgIpc) is 3.16. The van der Waals surface area contributed by atoms with Crippen molar-refractivity contribution < 1.29 is 9.53 Å². The molecule has 0 aliphatic heterocycles. The Kier molecular flexibility index (Phi) is 8.46. The third kappa shape index (κ3) is 5.70. The van der Waals surface area contributed by atoms with Gasteiger partial charge in [0.2, 0.25) is 11.1 Å². The summed E-state index contributed by atoms with van der Waals surface area (Å²) in [5.74, 6) is 0.318. The van der Waals surface area contributed by atoms with E-state index in [1.54, 1.807) is 0 Å². The number of rotatable bonds is 11. The molecule has 2 rings (SSSR count). The van der Waals surface area contributed by atoms with Crippen LogP contribution in [-0.2, 0) is 22.5 Å². The van der Waals surface area contributed by atoms with E-state index in [0.717, 1.165) is 24.0 Å². The number of H-pyrrole nitrogens is 2. The molecule has 0 aromatic carbocycles. The van der Waals surface area contributed by atoms with Crippen molar-refractivity contribution in [3.8, 4) is 0 Å². The topological polar surface area (TPSA) is 152 Å². The lowest BCUT2D eigenvalue weighted by molar-refractivity contribution is -0.116. The van der Waals surface area contributed by atoms with Crippen molar-refractivity contribution in [1.29, 1.82) is 0 Å². The van der Waals surface area contributed by atoms with Gasteiger partial charge in [-0.2, -0.15) is 0 Å². The molecule has 0 fully saturated rings. The number of methoxy groups -OCH3 is 1. The Balaban J connectivity index is 2.31. The summed E-state index contributed by atoms with van der Waals surface area (Å²) < 4.78 is 6.35. The van der Waals surface area contributed by atoms with Crippen LogP contribution in [0.15, 0.2) is 14.7 Å². The second-order valence-electron chi connectivity index (χ2n) is 6.24. The number of nitrogen functional groups attached to an aromatic ring is 1. The van der Waals surface area contributed by atoms with Crippen molar-refractivity contribution in [2.45, 2.75) is 44.8 Å². The Morgan fingerprint density at radius 3 is 2.72 bits per heavy atom. The van der Waals surface area contributed by atoms with E-state index in [1.165, 1.54) is 16.6 Å². The third-order valence-electron chi connectivity index (χ3n) is 4.21. The maximum absolute atomic E-state index is 12.9. The largest absolute Gasteiger partial charge is 0.383 e. The van der Waals surface area contributed by atoms with Crippen LogP contribution in [0.3, 0.4) is 0 Å². The number of carbonyl (C=O) groups excluding carboxylic acids is 1. The molecule has 11 nitrogen and oxygen atoms in total. The Labute approximate surface area is 172 Å². The second kappa shape index (κ2) is 10.8. The Morgan fingerprint density at radius 1 is 1.34 bits per heavy atom. The number of nitrogens with zero attached hydrogens (tertiary/aromatic N) is 4. The molecule has 4 N–H and O–H groups in total. The van der Waals surface area contributed by atoms with Gasteiger partial charge in [0.05, 0.1) is 12.4 Å². The molecular formula is C17H27N7O4S. The highest BCUT2D eigenvalue weighted by Gasteiger charge is 2.24.